The Labute approximate surface area is 145 Å². The second-order valence-electron chi connectivity index (χ2n) is 6.31. The third kappa shape index (κ3) is 4.45. The van der Waals surface area contributed by atoms with Crippen LogP contribution in [0.4, 0.5) is 0 Å². The normalized spacial score (nSPS) is 11.8. The SMILES string of the molecule is C=C(CC(CCc1ccccc1)c1ccccc1)c1ccccc1. The van der Waals surface area contributed by atoms with Crippen molar-refractivity contribution in [1.29, 1.82) is 0 Å². The topological polar surface area (TPSA) is 0 Å². The van der Waals surface area contributed by atoms with Gasteiger partial charge in [-0.05, 0) is 47.4 Å². The van der Waals surface area contributed by atoms with Crippen molar-refractivity contribution in [2.24, 2.45) is 0 Å². The van der Waals surface area contributed by atoms with Gasteiger partial charge in [-0.2, -0.15) is 0 Å². The van der Waals surface area contributed by atoms with Crippen molar-refractivity contribution in [3.63, 3.8) is 0 Å². The van der Waals surface area contributed by atoms with E-state index in [9.17, 15) is 0 Å². The molecule has 1 unspecified atom stereocenters. The Morgan fingerprint density at radius 3 is 1.88 bits per heavy atom. The van der Waals surface area contributed by atoms with Crippen LogP contribution >= 0.6 is 0 Å². The Bertz CT molecular complexity index is 742. The van der Waals surface area contributed by atoms with Crippen LogP contribution < -0.4 is 0 Å². The van der Waals surface area contributed by atoms with Crippen molar-refractivity contribution in [1.82, 2.24) is 0 Å². The lowest BCUT2D eigenvalue weighted by Gasteiger charge is -2.19. The first-order valence-electron chi connectivity index (χ1n) is 8.65. The van der Waals surface area contributed by atoms with Crippen LogP contribution in [0.3, 0.4) is 0 Å². The largest absolute Gasteiger partial charge is 0.0952 e. The molecule has 0 radical (unpaired) electrons. The maximum Gasteiger partial charge on any atom is -0.0118 e. The highest BCUT2D eigenvalue weighted by molar-refractivity contribution is 5.64. The average Bonchev–Trinajstić information content (AvgIpc) is 2.67. The molecule has 3 rings (SSSR count). The number of aryl methyl sites for hydroxylation is 1. The smallest absolute Gasteiger partial charge is 0.0118 e. The van der Waals surface area contributed by atoms with Gasteiger partial charge in [0, 0.05) is 0 Å². The summed E-state index contributed by atoms with van der Waals surface area (Å²) in [5.41, 5.74) is 5.28. The minimum atomic E-state index is 0.499. The Morgan fingerprint density at radius 1 is 0.708 bits per heavy atom. The summed E-state index contributed by atoms with van der Waals surface area (Å²) in [6.07, 6.45) is 3.24. The van der Waals surface area contributed by atoms with Crippen LogP contribution in [0.1, 0.15) is 35.4 Å². The van der Waals surface area contributed by atoms with Gasteiger partial charge < -0.3 is 0 Å². The van der Waals surface area contributed by atoms with Crippen LogP contribution in [-0.4, -0.2) is 0 Å². The van der Waals surface area contributed by atoms with Crippen molar-refractivity contribution < 1.29 is 0 Å². The first kappa shape index (κ1) is 16.3. The average molecular weight is 312 g/mol. The lowest BCUT2D eigenvalue weighted by atomic mass is 9.85. The van der Waals surface area contributed by atoms with Crippen LogP contribution in [0.5, 0.6) is 0 Å². The zero-order chi connectivity index (χ0) is 16.6. The maximum atomic E-state index is 4.35. The molecule has 1 atom stereocenters. The molecule has 0 heteroatoms. The first-order valence-corrected chi connectivity index (χ1v) is 8.65. The molecular formula is C24H24. The van der Waals surface area contributed by atoms with E-state index in [0.717, 1.165) is 19.3 Å². The number of allylic oxidation sites excluding steroid dienone is 1. The monoisotopic (exact) mass is 312 g/mol. The third-order valence-corrected chi connectivity index (χ3v) is 4.57. The van der Waals surface area contributed by atoms with E-state index in [-0.39, 0.29) is 0 Å². The summed E-state index contributed by atoms with van der Waals surface area (Å²) in [5.74, 6) is 0.499. The van der Waals surface area contributed by atoms with E-state index in [1.54, 1.807) is 0 Å². The lowest BCUT2D eigenvalue weighted by molar-refractivity contribution is 0.639. The number of hydrogen-bond donors (Lipinski definition) is 0. The van der Waals surface area contributed by atoms with E-state index in [0.29, 0.717) is 5.92 Å². The third-order valence-electron chi connectivity index (χ3n) is 4.57. The van der Waals surface area contributed by atoms with Gasteiger partial charge in [0.15, 0.2) is 0 Å². The van der Waals surface area contributed by atoms with Gasteiger partial charge in [-0.3, -0.25) is 0 Å². The molecule has 0 aliphatic carbocycles. The van der Waals surface area contributed by atoms with E-state index >= 15 is 0 Å². The summed E-state index contributed by atoms with van der Waals surface area (Å²) in [4.78, 5) is 0. The summed E-state index contributed by atoms with van der Waals surface area (Å²) in [6.45, 7) is 4.35. The highest BCUT2D eigenvalue weighted by Crippen LogP contribution is 2.31. The Hall–Kier alpha value is -2.60. The molecule has 0 saturated carbocycles. The van der Waals surface area contributed by atoms with Gasteiger partial charge in [0.05, 0.1) is 0 Å². The second-order valence-corrected chi connectivity index (χ2v) is 6.31. The van der Waals surface area contributed by atoms with E-state index in [1.807, 2.05) is 0 Å². The number of hydrogen-bond acceptors (Lipinski definition) is 0. The molecule has 0 saturated heterocycles. The van der Waals surface area contributed by atoms with Gasteiger partial charge in [-0.15, -0.1) is 0 Å². The summed E-state index contributed by atoms with van der Waals surface area (Å²) in [7, 11) is 0. The summed E-state index contributed by atoms with van der Waals surface area (Å²) in [6, 6.07) is 32.1. The van der Waals surface area contributed by atoms with Gasteiger partial charge in [0.25, 0.3) is 0 Å². The number of benzene rings is 3. The quantitative estimate of drug-likeness (QED) is 0.466. The van der Waals surface area contributed by atoms with E-state index in [4.69, 9.17) is 0 Å². The van der Waals surface area contributed by atoms with Crippen molar-refractivity contribution in [2.45, 2.75) is 25.2 Å². The zero-order valence-electron chi connectivity index (χ0n) is 14.1. The second kappa shape index (κ2) is 8.31. The molecule has 0 N–H and O–H groups in total. The van der Waals surface area contributed by atoms with Crippen LogP contribution in [0.25, 0.3) is 5.57 Å². The zero-order valence-corrected chi connectivity index (χ0v) is 14.1. The number of rotatable bonds is 7. The van der Waals surface area contributed by atoms with Crippen LogP contribution in [-0.2, 0) is 6.42 Å². The molecule has 0 bridgehead atoms. The van der Waals surface area contributed by atoms with E-state index in [1.165, 1.54) is 22.3 Å². The highest BCUT2D eigenvalue weighted by atomic mass is 14.2. The van der Waals surface area contributed by atoms with Crippen molar-refractivity contribution >= 4 is 5.57 Å². The maximum absolute atomic E-state index is 4.35. The van der Waals surface area contributed by atoms with Gasteiger partial charge in [-0.1, -0.05) is 97.6 Å². The van der Waals surface area contributed by atoms with Gasteiger partial charge >= 0.3 is 0 Å². The standard InChI is InChI=1S/C24H24/c1-20(22-13-7-3-8-14-22)19-24(23-15-9-4-10-16-23)18-17-21-11-5-2-6-12-21/h2-16,24H,1,17-19H2. The summed E-state index contributed by atoms with van der Waals surface area (Å²) >= 11 is 0. The lowest BCUT2D eigenvalue weighted by Crippen LogP contribution is -2.02. The molecule has 0 fully saturated rings. The molecule has 3 aromatic rings. The summed E-state index contributed by atoms with van der Waals surface area (Å²) in [5, 5.41) is 0. The molecule has 0 spiro atoms. The Kier molecular flexibility index (Phi) is 5.63. The molecule has 0 heterocycles. The van der Waals surface area contributed by atoms with Crippen molar-refractivity contribution in [3.8, 4) is 0 Å². The van der Waals surface area contributed by atoms with Crippen molar-refractivity contribution in [3.05, 3.63) is 114 Å². The van der Waals surface area contributed by atoms with E-state index < -0.39 is 0 Å². The van der Waals surface area contributed by atoms with Crippen molar-refractivity contribution in [2.75, 3.05) is 0 Å². The highest BCUT2D eigenvalue weighted by Gasteiger charge is 2.14. The fourth-order valence-corrected chi connectivity index (χ4v) is 3.19. The molecule has 120 valence electrons. The van der Waals surface area contributed by atoms with Crippen LogP contribution in [0.15, 0.2) is 97.6 Å². The first-order chi connectivity index (χ1) is 11.8. The van der Waals surface area contributed by atoms with Gasteiger partial charge in [0.2, 0.25) is 0 Å². The molecule has 0 aliphatic heterocycles. The fraction of sp³-hybridized carbons (Fsp3) is 0.167. The predicted molar refractivity (Wildman–Crippen MR) is 104 cm³/mol. The van der Waals surface area contributed by atoms with Crippen LogP contribution in [0.2, 0.25) is 0 Å². The van der Waals surface area contributed by atoms with Crippen LogP contribution in [0, 0.1) is 0 Å². The molecule has 3 aromatic carbocycles. The fourth-order valence-electron chi connectivity index (χ4n) is 3.19. The summed E-state index contributed by atoms with van der Waals surface area (Å²) < 4.78 is 0. The predicted octanol–water partition coefficient (Wildman–Crippen LogP) is 6.51. The van der Waals surface area contributed by atoms with Gasteiger partial charge in [-0.25, -0.2) is 0 Å². The molecule has 0 nitrogen and oxygen atoms in total. The molecule has 0 aliphatic rings. The Balaban J connectivity index is 1.74. The molecule has 0 amide bonds. The minimum Gasteiger partial charge on any atom is -0.0952 e. The molecule has 0 aromatic heterocycles. The van der Waals surface area contributed by atoms with E-state index in [2.05, 4.69) is 97.6 Å². The minimum absolute atomic E-state index is 0.499. The van der Waals surface area contributed by atoms with Gasteiger partial charge in [0.1, 0.15) is 0 Å². The molecule has 24 heavy (non-hydrogen) atoms. The molecular weight excluding hydrogens is 288 g/mol. The Morgan fingerprint density at radius 2 is 1.25 bits per heavy atom.